The lowest BCUT2D eigenvalue weighted by Gasteiger charge is -2.30. The molecule has 111 heavy (non-hydrogen) atoms. The summed E-state index contributed by atoms with van der Waals surface area (Å²) in [5.74, 6) is -1.99. The maximum absolute atomic E-state index is 13.1. The molecular formula is C86H113N3O18S4. The lowest BCUT2D eigenvalue weighted by molar-refractivity contribution is -0.152. The van der Waals surface area contributed by atoms with Crippen molar-refractivity contribution in [2.75, 3.05) is 31.2 Å². The lowest BCUT2D eigenvalue weighted by atomic mass is 9.91. The summed E-state index contributed by atoms with van der Waals surface area (Å²) < 4.78 is 49.5. The fraction of sp³-hybridized carbons (Fsp3) is 0.523. The molecule has 21 nitrogen and oxygen atoms in total. The van der Waals surface area contributed by atoms with Gasteiger partial charge in [-0.1, -0.05) is 85.0 Å². The zero-order valence-electron chi connectivity index (χ0n) is 68.3. The van der Waals surface area contributed by atoms with Gasteiger partial charge in [0.15, 0.2) is 11.6 Å². The van der Waals surface area contributed by atoms with Gasteiger partial charge in [-0.25, -0.2) is 30.5 Å². The number of fused-ring (bicyclic) bond motifs is 4. The topological polar surface area (TPSA) is 296 Å². The molecule has 5 aliphatic rings. The summed E-state index contributed by atoms with van der Waals surface area (Å²) in [6, 6.07) is 18.3. The molecule has 0 saturated carbocycles. The molecule has 5 aliphatic heterocycles. The Bertz CT molecular complexity index is 4400. The summed E-state index contributed by atoms with van der Waals surface area (Å²) in [5, 5.41) is 10.8. The minimum Gasteiger partial charge on any atom is -0.478 e. The number of nitrogens with two attached hydrogens (primary N) is 2. The largest absolute Gasteiger partial charge is 0.478 e. The first kappa shape index (κ1) is 91.8. The number of carboxylic acids is 1. The Hall–Kier alpha value is -8.03. The van der Waals surface area contributed by atoms with E-state index >= 15 is 0 Å². The molecule has 11 rings (SSSR count). The highest BCUT2D eigenvalue weighted by Gasteiger charge is 2.39. The van der Waals surface area contributed by atoms with Gasteiger partial charge in [0.25, 0.3) is 0 Å². The number of ketones is 3. The average Bonchev–Trinajstić information content (AvgIpc) is 1.64. The van der Waals surface area contributed by atoms with Crippen molar-refractivity contribution in [1.82, 2.24) is 0 Å². The minimum absolute atomic E-state index is 0.00161. The summed E-state index contributed by atoms with van der Waals surface area (Å²) in [6.07, 6.45) is 5.18. The molecule has 5 N–H and O–H groups in total. The molecule has 0 amide bonds. The molecule has 9 heterocycles. The predicted molar refractivity (Wildman–Crippen MR) is 438 cm³/mol. The molecule has 0 unspecified atom stereocenters. The Morgan fingerprint density at radius 2 is 0.829 bits per heavy atom. The molecule has 1 saturated heterocycles. The highest BCUT2D eigenvalue weighted by Crippen LogP contribution is 2.43. The standard InChI is InChI=1S/C25H30O4S.C21H22O4S.C14H21NO3S.C12H17NO3S.C7H11NO2.C7H12O2/c1-16(12-19(26)17-10-8-7-9-11-17)13-20-22(23(27)29-24(2,3)4)18-14-25(5,6)28-15-21(18)30-20;1-13(9-16(22)14-7-5-4-6-8-14)10-17-19(20(23)24)15-11-21(2,3)25-12-18(15)26-17;1-13(2,3)18-12(16)10-8-6-14(4,5)17-7-9(8)19-11(10)15;1-12(2,3)16-11(14)9-7-4-5-15-6-8(7)17-10(9)13;1-7(2,3)10-6(9)5-8-4;1-7(2)5-6(8)3-4-9-7/h7-11H,1,12-15H2,2-6H3;4-8H,1,9-12H2,2-3H3,(H,23,24);6-7,15H2,1-5H3;4-6,13H2,1-3H3;5H2,1-3H3;3-5H2,1-2H3. The zero-order chi connectivity index (χ0) is 83.2. The van der Waals surface area contributed by atoms with E-state index in [2.05, 4.69) is 18.0 Å². The van der Waals surface area contributed by atoms with Gasteiger partial charge in [-0.05, 0) is 167 Å². The number of carboxylic acid groups (broad SMARTS) is 1. The number of hydrogen-bond donors (Lipinski definition) is 3. The fourth-order valence-electron chi connectivity index (χ4n) is 12.2. The molecular weight excluding hydrogens is 1490 g/mol. The van der Waals surface area contributed by atoms with Gasteiger partial charge < -0.3 is 64.1 Å². The Kier molecular flexibility index (Phi) is 31.6. The van der Waals surface area contributed by atoms with E-state index in [1.165, 1.54) is 34.0 Å². The van der Waals surface area contributed by atoms with Gasteiger partial charge in [-0.2, -0.15) is 0 Å². The van der Waals surface area contributed by atoms with Crippen LogP contribution in [-0.4, -0.2) is 117 Å². The highest BCUT2D eigenvalue weighted by atomic mass is 32.1. The van der Waals surface area contributed by atoms with Crippen LogP contribution in [0, 0.1) is 6.57 Å². The monoisotopic (exact) mass is 1600 g/mol. The normalized spacial score (nSPS) is 16.2. The number of aromatic carboxylic acids is 1. The van der Waals surface area contributed by atoms with Crippen molar-refractivity contribution in [3.8, 4) is 0 Å². The SMILES string of the molecule is C=C(CC(=O)c1ccccc1)Cc1sc2c(c1C(=O)O)CC(C)(C)OC2.C=C(CC(=O)c1ccccc1)Cc1sc2c(c1C(=O)OC(C)(C)C)CC(C)(C)OC2.CC(C)(C)OC(=O)c1c(N)sc2c1CC(C)(C)OC2.CC(C)(C)OC(=O)c1c(N)sc2c1CCOC2.CC1(C)CC(=O)CCO1.[C-]#[N+]CC(=O)OC(C)(C)C. The maximum Gasteiger partial charge on any atom is 0.387 e. The quantitative estimate of drug-likeness (QED) is 0.0283. The third-order valence-electron chi connectivity index (χ3n) is 16.9. The van der Waals surface area contributed by atoms with Gasteiger partial charge in [-0.15, -0.1) is 45.3 Å². The first-order valence-corrected chi connectivity index (χ1v) is 40.2. The van der Waals surface area contributed by atoms with Crippen molar-refractivity contribution < 1.29 is 86.1 Å². The van der Waals surface area contributed by atoms with Crippen molar-refractivity contribution in [1.29, 1.82) is 0 Å². The van der Waals surface area contributed by atoms with Crippen molar-refractivity contribution in [2.24, 2.45) is 0 Å². The van der Waals surface area contributed by atoms with Crippen LogP contribution < -0.4 is 11.5 Å². The smallest absolute Gasteiger partial charge is 0.387 e. The van der Waals surface area contributed by atoms with Crippen LogP contribution in [0.5, 0.6) is 0 Å². The molecule has 1 fully saturated rings. The number of esters is 4. The van der Waals surface area contributed by atoms with Gasteiger partial charge in [0, 0.05) is 98.2 Å². The van der Waals surface area contributed by atoms with Crippen LogP contribution in [0.1, 0.15) is 278 Å². The second kappa shape index (κ2) is 38.2. The number of thiophene rings is 4. The number of hydrogen-bond acceptors (Lipinski definition) is 23. The van der Waals surface area contributed by atoms with E-state index in [1.54, 1.807) is 44.2 Å². The number of nitrogen functional groups attached to an aromatic ring is 2. The second-order valence-corrected chi connectivity index (χ2v) is 38.8. The molecule has 0 spiro atoms. The maximum atomic E-state index is 13.1. The van der Waals surface area contributed by atoms with E-state index in [-0.39, 0.29) is 71.3 Å². The van der Waals surface area contributed by atoms with E-state index in [0.717, 1.165) is 69.1 Å². The Morgan fingerprint density at radius 3 is 1.20 bits per heavy atom. The van der Waals surface area contributed by atoms with Gasteiger partial charge in [-0.3, -0.25) is 14.4 Å². The van der Waals surface area contributed by atoms with E-state index < -0.39 is 34.3 Å². The number of carbonyl (C=O) groups excluding carboxylic acids is 7. The molecule has 4 aromatic heterocycles. The van der Waals surface area contributed by atoms with E-state index in [1.807, 2.05) is 166 Å². The van der Waals surface area contributed by atoms with Crippen LogP contribution >= 0.6 is 45.3 Å². The van der Waals surface area contributed by atoms with Crippen LogP contribution in [0.4, 0.5) is 10.0 Å². The Morgan fingerprint density at radius 1 is 0.477 bits per heavy atom. The molecule has 0 aliphatic carbocycles. The van der Waals surface area contributed by atoms with Crippen molar-refractivity contribution >= 4 is 103 Å². The molecule has 0 atom stereocenters. The first-order chi connectivity index (χ1) is 51.2. The van der Waals surface area contributed by atoms with Crippen molar-refractivity contribution in [3.05, 3.63) is 181 Å². The summed E-state index contributed by atoms with van der Waals surface area (Å²) in [7, 11) is 0. The predicted octanol–water partition coefficient (Wildman–Crippen LogP) is 18.5. The van der Waals surface area contributed by atoms with Crippen LogP contribution in [0.25, 0.3) is 4.85 Å². The Balaban J connectivity index is 0.000000217. The van der Waals surface area contributed by atoms with Crippen LogP contribution in [0.3, 0.4) is 0 Å². The number of anilines is 2. The Labute approximate surface area is 670 Å². The van der Waals surface area contributed by atoms with Crippen LogP contribution in [0.15, 0.2) is 85.0 Å². The highest BCUT2D eigenvalue weighted by molar-refractivity contribution is 7.17. The number of carbonyl (C=O) groups is 8. The third kappa shape index (κ3) is 29.2. The van der Waals surface area contributed by atoms with E-state index in [0.29, 0.717) is 134 Å². The number of ether oxygens (including phenoxy) is 9. The lowest BCUT2D eigenvalue weighted by Crippen LogP contribution is -2.33. The third-order valence-corrected chi connectivity index (χ3v) is 21.3. The molecule has 25 heteroatoms. The summed E-state index contributed by atoms with van der Waals surface area (Å²) in [6.45, 7) is 55.5. The summed E-state index contributed by atoms with van der Waals surface area (Å²) in [4.78, 5) is 104. The molecule has 0 radical (unpaired) electrons. The van der Waals surface area contributed by atoms with Gasteiger partial charge in [0.05, 0.1) is 84.3 Å². The molecule has 604 valence electrons. The first-order valence-electron chi connectivity index (χ1n) is 36.9. The van der Waals surface area contributed by atoms with Gasteiger partial charge >= 0.3 is 36.4 Å². The van der Waals surface area contributed by atoms with E-state index in [4.69, 9.17) is 60.7 Å². The van der Waals surface area contributed by atoms with Crippen molar-refractivity contribution in [2.45, 2.75) is 274 Å². The number of Topliss-reactive ketones (excluding diaryl/α,β-unsaturated/α-hetero) is 3. The average molecular weight is 1610 g/mol. The second-order valence-electron chi connectivity index (χ2n) is 34.1. The van der Waals surface area contributed by atoms with Crippen LogP contribution in [-0.2, 0) is 117 Å². The van der Waals surface area contributed by atoms with Crippen LogP contribution in [0.2, 0.25) is 0 Å². The molecule has 2 aromatic carbocycles. The van der Waals surface area contributed by atoms with Gasteiger partial charge in [0.2, 0.25) is 0 Å². The summed E-state index contributed by atoms with van der Waals surface area (Å²) in [5.41, 5.74) is 17.5. The fourth-order valence-corrected chi connectivity index (χ4v) is 16.8. The van der Waals surface area contributed by atoms with E-state index in [9.17, 15) is 43.5 Å². The number of nitrogens with zero attached hydrogens (tertiary/aromatic N) is 1. The molecule has 0 bridgehead atoms. The van der Waals surface area contributed by atoms with Gasteiger partial charge in [0.1, 0.15) is 38.2 Å². The number of benzene rings is 2. The molecule has 6 aromatic rings. The number of rotatable bonds is 15. The minimum atomic E-state index is -0.919. The summed E-state index contributed by atoms with van der Waals surface area (Å²) >= 11 is 5.88. The van der Waals surface area contributed by atoms with Crippen molar-refractivity contribution in [3.63, 3.8) is 0 Å². The number of allylic oxidation sites excluding steroid dienone is 2. The zero-order valence-corrected chi connectivity index (χ0v) is 71.6.